The number of nitrogens with zero attached hydrogens (tertiary/aromatic N) is 2. The number of nitrogens with two attached hydrogens (primary N) is 1. The number of rotatable bonds is 5. The summed E-state index contributed by atoms with van der Waals surface area (Å²) in [7, 11) is -3.62. The number of aromatic nitrogens is 2. The first-order chi connectivity index (χ1) is 7.36. The summed E-state index contributed by atoms with van der Waals surface area (Å²) in [6, 6.07) is 0. The second kappa shape index (κ2) is 4.98. The Hall–Kier alpha value is -0.860. The van der Waals surface area contributed by atoms with E-state index in [-0.39, 0.29) is 17.3 Å². The van der Waals surface area contributed by atoms with Crippen LogP contribution in [0.2, 0.25) is 0 Å². The van der Waals surface area contributed by atoms with Crippen LogP contribution in [-0.4, -0.2) is 24.7 Å². The summed E-state index contributed by atoms with van der Waals surface area (Å²) in [5, 5.41) is 3.86. The Morgan fingerprint density at radius 1 is 1.75 bits per heavy atom. The molecule has 1 rings (SSSR count). The molecule has 3 N–H and O–H groups in total. The van der Waals surface area contributed by atoms with Crippen molar-refractivity contribution in [3.63, 3.8) is 0 Å². The number of anilines is 1. The van der Waals surface area contributed by atoms with E-state index in [1.165, 1.54) is 10.9 Å². The van der Waals surface area contributed by atoms with Gasteiger partial charge in [-0.25, -0.2) is 13.1 Å². The van der Waals surface area contributed by atoms with Gasteiger partial charge in [-0.15, -0.1) is 0 Å². The third-order valence-electron chi connectivity index (χ3n) is 1.82. The molecular weight excluding hydrogens is 296 g/mol. The summed E-state index contributed by atoms with van der Waals surface area (Å²) in [6.07, 6.45) is 1.40. The summed E-state index contributed by atoms with van der Waals surface area (Å²) >= 11 is 3.06. The molecule has 0 saturated carbocycles. The van der Waals surface area contributed by atoms with E-state index in [9.17, 15) is 8.42 Å². The molecule has 0 spiro atoms. The van der Waals surface area contributed by atoms with Crippen molar-refractivity contribution in [2.45, 2.75) is 18.4 Å². The van der Waals surface area contributed by atoms with Gasteiger partial charge in [-0.3, -0.25) is 4.68 Å². The maximum absolute atomic E-state index is 11.8. The molecule has 0 saturated heterocycles. The lowest BCUT2D eigenvalue weighted by atomic mass is 10.6. The second-order valence-corrected chi connectivity index (χ2v) is 5.93. The molecule has 16 heavy (non-hydrogen) atoms. The van der Waals surface area contributed by atoms with Crippen LogP contribution in [0.25, 0.3) is 0 Å². The van der Waals surface area contributed by atoms with Gasteiger partial charge in [0.05, 0.1) is 0 Å². The smallest absolute Gasteiger partial charge is 0.246 e. The van der Waals surface area contributed by atoms with Crippen molar-refractivity contribution >= 4 is 31.8 Å². The van der Waals surface area contributed by atoms with Gasteiger partial charge in [-0.1, -0.05) is 22.5 Å². The van der Waals surface area contributed by atoms with Crippen LogP contribution in [-0.2, 0) is 16.6 Å². The van der Waals surface area contributed by atoms with E-state index in [0.29, 0.717) is 11.0 Å². The summed E-state index contributed by atoms with van der Waals surface area (Å²) in [4.78, 5) is -0.0110. The van der Waals surface area contributed by atoms with Crippen LogP contribution >= 0.6 is 15.9 Å². The van der Waals surface area contributed by atoms with Crippen molar-refractivity contribution in [3.8, 4) is 0 Å². The lowest BCUT2D eigenvalue weighted by molar-refractivity contribution is 0.585. The average molecular weight is 309 g/mol. The molecule has 0 aliphatic rings. The SMILES string of the molecule is C=C(Br)CNS(=O)(=O)c1cn(CC)nc1N. The Kier molecular flexibility index (Phi) is 4.11. The van der Waals surface area contributed by atoms with E-state index in [4.69, 9.17) is 5.73 Å². The van der Waals surface area contributed by atoms with Gasteiger partial charge in [-0.2, -0.15) is 5.10 Å². The van der Waals surface area contributed by atoms with Crippen LogP contribution in [0.1, 0.15) is 6.92 Å². The van der Waals surface area contributed by atoms with Gasteiger partial charge in [0, 0.05) is 23.8 Å². The van der Waals surface area contributed by atoms with E-state index < -0.39 is 10.0 Å². The molecule has 0 aliphatic heterocycles. The van der Waals surface area contributed by atoms with Crippen LogP contribution in [0.5, 0.6) is 0 Å². The molecule has 6 nitrogen and oxygen atoms in total. The molecule has 0 atom stereocenters. The summed E-state index contributed by atoms with van der Waals surface area (Å²) in [6.45, 7) is 6.05. The standard InChI is InChI=1S/C8H13BrN4O2S/c1-3-13-5-7(8(10)12-13)16(14,15)11-4-6(2)9/h5,11H,2-4H2,1H3,(H2,10,12). The van der Waals surface area contributed by atoms with Gasteiger partial charge in [0.1, 0.15) is 4.90 Å². The number of nitrogens with one attached hydrogen (secondary N) is 1. The Morgan fingerprint density at radius 3 is 2.81 bits per heavy atom. The van der Waals surface area contributed by atoms with Gasteiger partial charge >= 0.3 is 0 Å². The highest BCUT2D eigenvalue weighted by Gasteiger charge is 2.20. The van der Waals surface area contributed by atoms with Crippen LogP contribution in [0.3, 0.4) is 0 Å². The molecule has 8 heteroatoms. The van der Waals surface area contributed by atoms with Gasteiger partial charge in [0.2, 0.25) is 10.0 Å². The van der Waals surface area contributed by atoms with E-state index >= 15 is 0 Å². The molecule has 0 fully saturated rings. The number of sulfonamides is 1. The topological polar surface area (TPSA) is 90.0 Å². The fourth-order valence-electron chi connectivity index (χ4n) is 1.04. The fourth-order valence-corrected chi connectivity index (χ4v) is 2.46. The molecular formula is C8H13BrN4O2S. The van der Waals surface area contributed by atoms with Crippen molar-refractivity contribution in [1.29, 1.82) is 0 Å². The quantitative estimate of drug-likeness (QED) is 0.836. The molecule has 1 aromatic heterocycles. The monoisotopic (exact) mass is 308 g/mol. The summed E-state index contributed by atoms with van der Waals surface area (Å²) < 4.78 is 27.9. The van der Waals surface area contributed by atoms with Crippen molar-refractivity contribution < 1.29 is 8.42 Å². The van der Waals surface area contributed by atoms with Crippen molar-refractivity contribution in [1.82, 2.24) is 14.5 Å². The van der Waals surface area contributed by atoms with Crippen LogP contribution in [0.15, 0.2) is 22.2 Å². The Labute approximate surface area is 103 Å². The first kappa shape index (κ1) is 13.2. The lowest BCUT2D eigenvalue weighted by Gasteiger charge is -2.03. The van der Waals surface area contributed by atoms with Crippen molar-refractivity contribution in [2.75, 3.05) is 12.3 Å². The number of aryl methyl sites for hydroxylation is 1. The van der Waals surface area contributed by atoms with Crippen LogP contribution in [0, 0.1) is 0 Å². The third kappa shape index (κ3) is 3.06. The highest BCUT2D eigenvalue weighted by Crippen LogP contribution is 2.16. The zero-order chi connectivity index (χ0) is 12.3. The first-order valence-electron chi connectivity index (χ1n) is 4.52. The molecule has 0 aliphatic carbocycles. The van der Waals surface area contributed by atoms with Gasteiger partial charge in [0.25, 0.3) is 0 Å². The minimum absolute atomic E-state index is 0.00506. The maximum atomic E-state index is 11.8. The Balaban J connectivity index is 2.97. The van der Waals surface area contributed by atoms with E-state index in [0.717, 1.165) is 0 Å². The van der Waals surface area contributed by atoms with Gasteiger partial charge in [0.15, 0.2) is 5.82 Å². The fraction of sp³-hybridized carbons (Fsp3) is 0.375. The number of hydrogen-bond donors (Lipinski definition) is 2. The van der Waals surface area contributed by atoms with Crippen molar-refractivity contribution in [3.05, 3.63) is 17.3 Å². The molecule has 90 valence electrons. The molecule has 1 heterocycles. The molecule has 0 bridgehead atoms. The van der Waals surface area contributed by atoms with Gasteiger partial charge in [-0.05, 0) is 6.92 Å². The number of halogens is 1. The Morgan fingerprint density at radius 2 is 2.38 bits per heavy atom. The highest BCUT2D eigenvalue weighted by molar-refractivity contribution is 9.11. The summed E-state index contributed by atoms with van der Waals surface area (Å²) in [5.41, 5.74) is 5.52. The Bertz CT molecular complexity index is 494. The van der Waals surface area contributed by atoms with Crippen LogP contribution < -0.4 is 10.5 Å². The third-order valence-corrected chi connectivity index (χ3v) is 3.52. The van der Waals surface area contributed by atoms with Crippen LogP contribution in [0.4, 0.5) is 5.82 Å². The van der Waals surface area contributed by atoms with Crippen molar-refractivity contribution in [2.24, 2.45) is 0 Å². The average Bonchev–Trinajstić information content (AvgIpc) is 2.57. The molecule has 1 aromatic rings. The largest absolute Gasteiger partial charge is 0.381 e. The zero-order valence-corrected chi connectivity index (χ0v) is 11.2. The van der Waals surface area contributed by atoms with E-state index in [1.807, 2.05) is 6.92 Å². The summed E-state index contributed by atoms with van der Waals surface area (Å²) in [5.74, 6) is -0.00506. The lowest BCUT2D eigenvalue weighted by Crippen LogP contribution is -2.25. The number of hydrogen-bond acceptors (Lipinski definition) is 4. The number of nitrogen functional groups attached to an aromatic ring is 1. The molecule has 0 unspecified atom stereocenters. The van der Waals surface area contributed by atoms with E-state index in [1.54, 1.807) is 0 Å². The second-order valence-electron chi connectivity index (χ2n) is 3.08. The normalized spacial score (nSPS) is 11.6. The molecule has 0 amide bonds. The van der Waals surface area contributed by atoms with E-state index in [2.05, 4.69) is 32.3 Å². The minimum Gasteiger partial charge on any atom is -0.381 e. The zero-order valence-electron chi connectivity index (χ0n) is 8.77. The predicted octanol–water partition coefficient (Wildman–Crippen LogP) is 0.672. The first-order valence-corrected chi connectivity index (χ1v) is 6.80. The highest BCUT2D eigenvalue weighted by atomic mass is 79.9. The molecule has 0 aromatic carbocycles. The predicted molar refractivity (Wildman–Crippen MR) is 65.6 cm³/mol. The molecule has 0 radical (unpaired) electrons. The maximum Gasteiger partial charge on any atom is 0.246 e. The minimum atomic E-state index is -3.62. The van der Waals surface area contributed by atoms with Gasteiger partial charge < -0.3 is 5.73 Å².